The van der Waals surface area contributed by atoms with E-state index in [9.17, 15) is 9.59 Å². The molecule has 0 aliphatic rings. The van der Waals surface area contributed by atoms with Crippen molar-refractivity contribution in [2.45, 2.75) is 23.8 Å². The van der Waals surface area contributed by atoms with Gasteiger partial charge in [0.15, 0.2) is 5.13 Å². The maximum Gasteiger partial charge on any atom is 0.350 e. The molecule has 27 heavy (non-hydrogen) atoms. The second-order valence-corrected chi connectivity index (χ2v) is 7.50. The van der Waals surface area contributed by atoms with E-state index in [1.54, 1.807) is 32.2 Å². The van der Waals surface area contributed by atoms with Crippen LogP contribution < -0.4 is 5.32 Å². The number of rotatable bonds is 6. The van der Waals surface area contributed by atoms with E-state index in [2.05, 4.69) is 15.3 Å². The zero-order valence-corrected chi connectivity index (χ0v) is 16.4. The highest BCUT2D eigenvalue weighted by Gasteiger charge is 2.18. The summed E-state index contributed by atoms with van der Waals surface area (Å²) in [5.74, 6) is -0.711. The Balaban J connectivity index is 1.66. The number of carbonyl (C=O) groups is 2. The summed E-state index contributed by atoms with van der Waals surface area (Å²) in [6.07, 6.45) is 1.74. The molecular weight excluding hydrogens is 382 g/mol. The Morgan fingerprint density at radius 1 is 1.19 bits per heavy atom. The van der Waals surface area contributed by atoms with Crippen molar-refractivity contribution in [1.29, 1.82) is 0 Å². The van der Waals surface area contributed by atoms with Crippen molar-refractivity contribution in [3.8, 4) is 0 Å². The van der Waals surface area contributed by atoms with Gasteiger partial charge in [0.1, 0.15) is 9.90 Å². The summed E-state index contributed by atoms with van der Waals surface area (Å²) in [6.45, 7) is 3.75. The third kappa shape index (κ3) is 4.93. The minimum absolute atomic E-state index is 0.284. The summed E-state index contributed by atoms with van der Waals surface area (Å²) in [4.78, 5) is 34.1. The monoisotopic (exact) mass is 399 g/mol. The zero-order chi connectivity index (χ0) is 19.2. The highest BCUT2D eigenvalue weighted by atomic mass is 32.2. The number of thiazole rings is 1. The number of amides is 1. The number of ether oxygens (including phenoxy) is 1. The summed E-state index contributed by atoms with van der Waals surface area (Å²) < 4.78 is 4.99. The van der Waals surface area contributed by atoms with E-state index in [1.807, 2.05) is 30.3 Å². The summed E-state index contributed by atoms with van der Waals surface area (Å²) in [5.41, 5.74) is 1.04. The number of carbonyl (C=O) groups excluding carboxylic acids is 2. The SMILES string of the molecule is CCOC(=O)c1sc(NC(=O)c2ccc(Sc3ccccn3)cc2)nc1C. The summed E-state index contributed by atoms with van der Waals surface area (Å²) in [5, 5.41) is 3.98. The van der Waals surface area contributed by atoms with Gasteiger partial charge in [-0.2, -0.15) is 0 Å². The van der Waals surface area contributed by atoms with Crippen molar-refractivity contribution in [3.63, 3.8) is 0 Å². The Labute approximate surface area is 165 Å². The standard InChI is InChI=1S/C19H17N3O3S2/c1-3-25-18(24)16-12(2)21-19(27-16)22-17(23)13-7-9-14(10-8-13)26-15-6-4-5-11-20-15/h4-11H,3H2,1-2H3,(H,21,22,23). The van der Waals surface area contributed by atoms with E-state index in [-0.39, 0.29) is 5.91 Å². The topological polar surface area (TPSA) is 81.2 Å². The van der Waals surface area contributed by atoms with E-state index in [0.717, 1.165) is 21.3 Å². The number of hydrogen-bond donors (Lipinski definition) is 1. The lowest BCUT2D eigenvalue weighted by atomic mass is 10.2. The van der Waals surface area contributed by atoms with Crippen molar-refractivity contribution in [3.05, 3.63) is 64.8 Å². The summed E-state index contributed by atoms with van der Waals surface area (Å²) >= 11 is 2.63. The average Bonchev–Trinajstić information content (AvgIpc) is 3.03. The molecule has 1 N–H and O–H groups in total. The van der Waals surface area contributed by atoms with Crippen LogP contribution in [0.5, 0.6) is 0 Å². The average molecular weight is 399 g/mol. The van der Waals surface area contributed by atoms with Gasteiger partial charge in [-0.1, -0.05) is 29.2 Å². The molecule has 1 amide bonds. The number of nitrogens with zero attached hydrogens (tertiary/aromatic N) is 2. The highest BCUT2D eigenvalue weighted by molar-refractivity contribution is 7.99. The molecule has 0 spiro atoms. The van der Waals surface area contributed by atoms with E-state index in [4.69, 9.17) is 4.74 Å². The van der Waals surface area contributed by atoms with Crippen molar-refractivity contribution in [2.75, 3.05) is 11.9 Å². The lowest BCUT2D eigenvalue weighted by Crippen LogP contribution is -2.11. The number of nitrogens with one attached hydrogen (secondary N) is 1. The van der Waals surface area contributed by atoms with Crippen LogP contribution in [0, 0.1) is 6.92 Å². The van der Waals surface area contributed by atoms with Gasteiger partial charge in [0.05, 0.1) is 12.3 Å². The number of esters is 1. The van der Waals surface area contributed by atoms with Gasteiger partial charge in [-0.05, 0) is 50.2 Å². The van der Waals surface area contributed by atoms with E-state index in [0.29, 0.717) is 27.9 Å². The fourth-order valence-electron chi connectivity index (χ4n) is 2.21. The Bertz CT molecular complexity index is 941. The number of anilines is 1. The lowest BCUT2D eigenvalue weighted by Gasteiger charge is -2.04. The molecule has 0 aliphatic carbocycles. The minimum Gasteiger partial charge on any atom is -0.462 e. The molecule has 0 unspecified atom stereocenters. The Morgan fingerprint density at radius 2 is 1.96 bits per heavy atom. The van der Waals surface area contributed by atoms with Gasteiger partial charge in [-0.3, -0.25) is 10.1 Å². The van der Waals surface area contributed by atoms with Crippen LogP contribution in [0.25, 0.3) is 0 Å². The molecule has 2 heterocycles. The first-order valence-electron chi connectivity index (χ1n) is 8.21. The third-order valence-electron chi connectivity index (χ3n) is 3.45. The molecule has 0 atom stereocenters. The molecule has 1 aromatic carbocycles. The van der Waals surface area contributed by atoms with Gasteiger partial charge in [0.25, 0.3) is 5.91 Å². The lowest BCUT2D eigenvalue weighted by molar-refractivity contribution is 0.0531. The Hall–Kier alpha value is -2.71. The first kappa shape index (κ1) is 19.1. The molecule has 0 saturated carbocycles. The third-order valence-corrected chi connectivity index (χ3v) is 5.47. The van der Waals surface area contributed by atoms with Crippen LogP contribution in [0.15, 0.2) is 58.6 Å². The highest BCUT2D eigenvalue weighted by Crippen LogP contribution is 2.27. The van der Waals surface area contributed by atoms with Crippen molar-refractivity contribution >= 4 is 40.1 Å². The van der Waals surface area contributed by atoms with Gasteiger partial charge < -0.3 is 4.74 Å². The normalized spacial score (nSPS) is 10.4. The summed E-state index contributed by atoms with van der Waals surface area (Å²) in [6, 6.07) is 12.9. The predicted octanol–water partition coefficient (Wildman–Crippen LogP) is 4.43. The molecule has 0 radical (unpaired) electrons. The zero-order valence-electron chi connectivity index (χ0n) is 14.8. The fourth-order valence-corrected chi connectivity index (χ4v) is 3.84. The van der Waals surface area contributed by atoms with Crippen LogP contribution in [0.4, 0.5) is 5.13 Å². The van der Waals surface area contributed by atoms with Crippen LogP contribution in [-0.2, 0) is 4.74 Å². The van der Waals surface area contributed by atoms with Crippen molar-refractivity contribution in [1.82, 2.24) is 9.97 Å². The summed E-state index contributed by atoms with van der Waals surface area (Å²) in [7, 11) is 0. The van der Waals surface area contributed by atoms with Crippen LogP contribution in [0.1, 0.15) is 32.6 Å². The van der Waals surface area contributed by atoms with Gasteiger partial charge >= 0.3 is 5.97 Å². The molecule has 0 saturated heterocycles. The van der Waals surface area contributed by atoms with E-state index in [1.165, 1.54) is 11.8 Å². The number of pyridine rings is 1. The van der Waals surface area contributed by atoms with Crippen LogP contribution in [0.2, 0.25) is 0 Å². The smallest absolute Gasteiger partial charge is 0.350 e. The van der Waals surface area contributed by atoms with Gasteiger partial charge in [0.2, 0.25) is 0 Å². The number of aromatic nitrogens is 2. The van der Waals surface area contributed by atoms with Crippen molar-refractivity contribution in [2.24, 2.45) is 0 Å². The molecule has 0 aliphatic heterocycles. The fraction of sp³-hybridized carbons (Fsp3) is 0.158. The molecular formula is C19H17N3O3S2. The second-order valence-electron chi connectivity index (χ2n) is 5.40. The number of benzene rings is 1. The van der Waals surface area contributed by atoms with Crippen LogP contribution in [0.3, 0.4) is 0 Å². The van der Waals surface area contributed by atoms with E-state index < -0.39 is 5.97 Å². The molecule has 0 bridgehead atoms. The quantitative estimate of drug-likeness (QED) is 0.618. The number of aryl methyl sites for hydroxylation is 1. The van der Waals surface area contributed by atoms with Gasteiger partial charge in [-0.25, -0.2) is 14.8 Å². The first-order chi connectivity index (χ1) is 13.1. The molecule has 3 aromatic rings. The molecule has 6 nitrogen and oxygen atoms in total. The Kier molecular flexibility index (Phi) is 6.20. The maximum atomic E-state index is 12.4. The minimum atomic E-state index is -0.427. The second kappa shape index (κ2) is 8.79. The molecule has 3 rings (SSSR count). The molecule has 2 aromatic heterocycles. The van der Waals surface area contributed by atoms with Crippen molar-refractivity contribution < 1.29 is 14.3 Å². The molecule has 138 valence electrons. The van der Waals surface area contributed by atoms with Crippen LogP contribution >= 0.6 is 23.1 Å². The largest absolute Gasteiger partial charge is 0.462 e. The first-order valence-corrected chi connectivity index (χ1v) is 9.85. The van der Waals surface area contributed by atoms with E-state index >= 15 is 0 Å². The maximum absolute atomic E-state index is 12.4. The van der Waals surface area contributed by atoms with Gasteiger partial charge in [-0.15, -0.1) is 0 Å². The molecule has 8 heteroatoms. The Morgan fingerprint density at radius 3 is 2.63 bits per heavy atom. The number of hydrogen-bond acceptors (Lipinski definition) is 7. The van der Waals surface area contributed by atoms with Gasteiger partial charge in [0, 0.05) is 16.7 Å². The molecule has 0 fully saturated rings. The predicted molar refractivity (Wildman–Crippen MR) is 106 cm³/mol. The van der Waals surface area contributed by atoms with Crippen LogP contribution in [-0.4, -0.2) is 28.5 Å².